The monoisotopic (exact) mass is 1120 g/mol. The summed E-state index contributed by atoms with van der Waals surface area (Å²) in [6.45, 7) is 39.7. The Morgan fingerprint density at radius 2 is 0.800 bits per heavy atom. The Balaban J connectivity index is 0.000000430. The van der Waals surface area contributed by atoms with E-state index in [-0.39, 0.29) is 0 Å². The summed E-state index contributed by atoms with van der Waals surface area (Å²) in [6.07, 6.45) is 2.20. The molecule has 0 unspecified atom stereocenters. The van der Waals surface area contributed by atoms with Gasteiger partial charge in [-0.25, -0.2) is 9.69 Å². The average Bonchev–Trinajstić information content (AvgIpc) is 3.39. The van der Waals surface area contributed by atoms with Crippen molar-refractivity contribution in [2.24, 2.45) is 0 Å². The molecule has 394 valence electrons. The van der Waals surface area contributed by atoms with E-state index in [1.54, 1.807) is 19.2 Å². The number of nitrogens with zero attached hydrogens (tertiary/aromatic N) is 2. The van der Waals surface area contributed by atoms with Crippen molar-refractivity contribution in [3.05, 3.63) is 283 Å². The highest BCUT2D eigenvalue weighted by molar-refractivity contribution is 6.42. The number of halogens is 6. The van der Waals surface area contributed by atoms with Gasteiger partial charge in [0.1, 0.15) is 5.75 Å². The Labute approximate surface area is 481 Å². The predicted octanol–water partition coefficient (Wildman–Crippen LogP) is 23.0. The smallest absolute Gasteiger partial charge is 0.187 e. The molecule has 0 aliphatic rings. The van der Waals surface area contributed by atoms with Crippen molar-refractivity contribution in [3.63, 3.8) is 0 Å². The van der Waals surface area contributed by atoms with E-state index in [9.17, 15) is 0 Å². The fourth-order valence-electron chi connectivity index (χ4n) is 6.24. The largest absolute Gasteiger partial charge is 0.496 e. The predicted molar refractivity (Wildman–Crippen MR) is 332 cm³/mol. The van der Waals surface area contributed by atoms with Crippen molar-refractivity contribution in [1.82, 2.24) is 0 Å². The minimum absolute atomic E-state index is 0.613. The Kier molecular flexibility index (Phi) is 33.3. The molecule has 0 spiro atoms. The van der Waals surface area contributed by atoms with Gasteiger partial charge >= 0.3 is 0 Å². The third-order valence-electron chi connectivity index (χ3n) is 10.9. The molecule has 0 bridgehead atoms. The van der Waals surface area contributed by atoms with Crippen molar-refractivity contribution in [1.29, 1.82) is 0 Å². The van der Waals surface area contributed by atoms with Gasteiger partial charge in [0.15, 0.2) is 11.4 Å². The van der Waals surface area contributed by atoms with Crippen LogP contribution in [0.25, 0.3) is 9.69 Å². The molecule has 9 heteroatoms. The van der Waals surface area contributed by atoms with Crippen molar-refractivity contribution in [2.75, 3.05) is 7.11 Å². The van der Waals surface area contributed by atoms with Crippen molar-refractivity contribution in [2.45, 2.75) is 103 Å². The van der Waals surface area contributed by atoms with Gasteiger partial charge < -0.3 is 4.74 Å². The number of ether oxygens (including phenoxy) is 1. The summed E-state index contributed by atoms with van der Waals surface area (Å²) in [6, 6.07) is 51.4. The molecule has 0 aromatic heterocycles. The van der Waals surface area contributed by atoms with Gasteiger partial charge in [-0.1, -0.05) is 221 Å². The van der Waals surface area contributed by atoms with Crippen LogP contribution >= 0.6 is 69.6 Å². The van der Waals surface area contributed by atoms with E-state index >= 15 is 0 Å². The van der Waals surface area contributed by atoms with E-state index in [2.05, 4.69) is 106 Å². The number of aryl methyl sites for hydroxylation is 12. The molecule has 0 radical (unpaired) electrons. The molecule has 8 aromatic carbocycles. The summed E-state index contributed by atoms with van der Waals surface area (Å²) in [5, 5.41) is 4.48. The third kappa shape index (κ3) is 28.1. The highest BCUT2D eigenvalue weighted by Gasteiger charge is 2.03. The molecule has 8 rings (SSSR count). The first kappa shape index (κ1) is 67.3. The van der Waals surface area contributed by atoms with Gasteiger partial charge in [0.25, 0.3) is 0 Å². The van der Waals surface area contributed by atoms with Crippen LogP contribution in [0.15, 0.2) is 158 Å². The Bertz CT molecular complexity index is 2960. The lowest BCUT2D eigenvalue weighted by molar-refractivity contribution is 0.411. The molecule has 0 heterocycles. The van der Waals surface area contributed by atoms with Crippen molar-refractivity contribution < 1.29 is 4.74 Å². The fourth-order valence-corrected chi connectivity index (χ4v) is 7.54. The van der Waals surface area contributed by atoms with E-state index in [0.717, 1.165) is 77.7 Å². The SMILES string of the molecule is CCc1cc(C)cc(Cl)c1C.CCc1ccccc1.COc1cc(C)c(Cl)cc1C.Cc1cc(Cl)c(C)cc1Cl.Cc1ccc(C)cc1.Cc1ccc(Cl)c(Cl)c1.[C-]#[N+]c1ccc(C)cc1.[C-]#[N+]c1cccc(C)c1. The van der Waals surface area contributed by atoms with Gasteiger partial charge in [-0.3, -0.25) is 0 Å². The van der Waals surface area contributed by atoms with E-state index in [0.29, 0.717) is 15.7 Å². The highest BCUT2D eigenvalue weighted by atomic mass is 35.5. The molecule has 0 aliphatic heterocycles. The Hall–Kier alpha value is -5.72. The fraction of sp³-hybridized carbons (Fsp3) is 0.242. The molecule has 0 atom stereocenters. The molecule has 75 heavy (non-hydrogen) atoms. The van der Waals surface area contributed by atoms with Gasteiger partial charge in [-0.05, 0) is 182 Å². The minimum Gasteiger partial charge on any atom is -0.496 e. The zero-order valence-electron chi connectivity index (χ0n) is 46.0. The summed E-state index contributed by atoms with van der Waals surface area (Å²) < 4.78 is 5.12. The lowest BCUT2D eigenvalue weighted by Gasteiger charge is -2.06. The standard InChI is InChI=1S/C10H13Cl.C9H11ClO.C8H8Cl2.2C8H7N.2C8H10.C7H6Cl2/c1-4-9-5-7(2)6-10(11)8(9)3;1-6-5-9(11-3)7(2)4-8(6)10;1-5-3-8(10)6(2)4-7(5)9;1-7-3-5-8(9-2)6-4-7;1-7-4-3-5-8(6-7)9-2;1-7-3-5-8(2)6-4-7;1-2-8-6-4-3-5-7-8;1-5-2-3-6(8)7(9)4-5/h5-6H,4H2,1-3H3;4-5H,1-3H3;3-4H,1-2H3;2*3-6H,1H3;3-6H,1-2H3;3-7H,2H2,1H3;2-4H,1H3. The molecule has 0 saturated carbocycles. The maximum atomic E-state index is 6.67. The lowest BCUT2D eigenvalue weighted by Crippen LogP contribution is -1.88. The van der Waals surface area contributed by atoms with Crippen LogP contribution in [0.4, 0.5) is 11.4 Å². The second-order valence-electron chi connectivity index (χ2n) is 17.6. The summed E-state index contributed by atoms with van der Waals surface area (Å²) in [7, 11) is 1.66. The molecule has 0 amide bonds. The van der Waals surface area contributed by atoms with E-state index in [1.165, 1.54) is 38.9 Å². The first-order valence-electron chi connectivity index (χ1n) is 24.3. The molecule has 3 nitrogen and oxygen atoms in total. The normalized spacial score (nSPS) is 9.41. The van der Waals surface area contributed by atoms with Crippen LogP contribution in [0.5, 0.6) is 5.75 Å². The van der Waals surface area contributed by atoms with Crippen LogP contribution in [-0.2, 0) is 12.8 Å². The first-order chi connectivity index (χ1) is 35.5. The number of hydrogen-bond acceptors (Lipinski definition) is 1. The zero-order chi connectivity index (χ0) is 56.6. The summed E-state index contributed by atoms with van der Waals surface area (Å²) in [5.41, 5.74) is 17.0. The number of rotatable bonds is 3. The van der Waals surface area contributed by atoms with Gasteiger partial charge in [0, 0.05) is 20.1 Å². The molecular weight excluding hydrogens is 1050 g/mol. The van der Waals surface area contributed by atoms with E-state index in [4.69, 9.17) is 87.5 Å². The molecule has 0 aliphatic carbocycles. The second-order valence-corrected chi connectivity index (χ2v) is 20.1. The molecule has 0 N–H and O–H groups in total. The average molecular weight is 1120 g/mol. The topological polar surface area (TPSA) is 17.9 Å². The third-order valence-corrected chi connectivity index (χ3v) is 13.3. The quantitative estimate of drug-likeness (QED) is 0.161. The second kappa shape index (κ2) is 37.1. The van der Waals surface area contributed by atoms with E-state index < -0.39 is 0 Å². The number of hydrogen-bond donors (Lipinski definition) is 0. The molecule has 0 fully saturated rings. The van der Waals surface area contributed by atoms with Gasteiger partial charge in [0.2, 0.25) is 0 Å². The van der Waals surface area contributed by atoms with Crippen LogP contribution in [0, 0.1) is 89.3 Å². The van der Waals surface area contributed by atoms with Crippen molar-refractivity contribution >= 4 is 81.0 Å². The number of benzene rings is 8. The van der Waals surface area contributed by atoms with Crippen molar-refractivity contribution in [3.8, 4) is 5.75 Å². The first-order valence-corrected chi connectivity index (χ1v) is 26.6. The van der Waals surface area contributed by atoms with Crippen LogP contribution in [0.2, 0.25) is 30.1 Å². The lowest BCUT2D eigenvalue weighted by atomic mass is 10.0. The van der Waals surface area contributed by atoms with E-state index in [1.807, 2.05) is 139 Å². The highest BCUT2D eigenvalue weighted by Crippen LogP contribution is 2.26. The molecule has 8 aromatic rings. The number of methoxy groups -OCH3 is 1. The van der Waals surface area contributed by atoms with Gasteiger partial charge in [0.05, 0.1) is 30.3 Å². The summed E-state index contributed by atoms with van der Waals surface area (Å²) >= 11 is 34.9. The maximum absolute atomic E-state index is 6.67. The van der Waals surface area contributed by atoms with Crippen LogP contribution in [0.1, 0.15) is 86.2 Å². The maximum Gasteiger partial charge on any atom is 0.187 e. The Morgan fingerprint density at radius 3 is 1.20 bits per heavy atom. The van der Waals surface area contributed by atoms with Crippen LogP contribution in [-0.4, -0.2) is 7.11 Å². The summed E-state index contributed by atoms with van der Waals surface area (Å²) in [4.78, 5) is 6.54. The zero-order valence-corrected chi connectivity index (χ0v) is 50.5. The summed E-state index contributed by atoms with van der Waals surface area (Å²) in [5.74, 6) is 0.895. The van der Waals surface area contributed by atoms with Gasteiger partial charge in [-0.2, -0.15) is 0 Å². The van der Waals surface area contributed by atoms with Gasteiger partial charge in [-0.15, -0.1) is 0 Å². The Morgan fingerprint density at radius 1 is 0.360 bits per heavy atom. The van der Waals surface area contributed by atoms with Crippen LogP contribution in [0.3, 0.4) is 0 Å². The molecule has 0 saturated heterocycles. The molecular formula is C66H72Cl6N2O. The van der Waals surface area contributed by atoms with Crippen LogP contribution < -0.4 is 4.74 Å². The minimum atomic E-state index is 0.613.